The number of aliphatic hydroxyl groups is 1. The summed E-state index contributed by atoms with van der Waals surface area (Å²) in [4.78, 5) is 13.1. The first-order chi connectivity index (χ1) is 15.8. The molecular formula is C27H36FNO4. The lowest BCUT2D eigenvalue weighted by Gasteiger charge is -2.27. The summed E-state index contributed by atoms with van der Waals surface area (Å²) in [7, 11) is 0. The number of nitrogens with zero attached hydrogens (tertiary/aromatic N) is 1. The molecule has 0 saturated carbocycles. The van der Waals surface area contributed by atoms with E-state index in [2.05, 4.69) is 4.90 Å². The largest absolute Gasteiger partial charge is 0.481 e. The van der Waals surface area contributed by atoms with Crippen LogP contribution in [-0.2, 0) is 22.4 Å². The second-order valence-electron chi connectivity index (χ2n) is 9.15. The quantitative estimate of drug-likeness (QED) is 0.484. The van der Waals surface area contributed by atoms with E-state index in [-0.39, 0.29) is 24.9 Å². The summed E-state index contributed by atoms with van der Waals surface area (Å²) in [5.74, 6) is -0.949. The first kappa shape index (κ1) is 25.3. The number of carboxylic acids is 1. The summed E-state index contributed by atoms with van der Waals surface area (Å²) in [5, 5.41) is 19.5. The minimum Gasteiger partial charge on any atom is -0.481 e. The topological polar surface area (TPSA) is 70.0 Å². The lowest BCUT2D eigenvalue weighted by molar-refractivity contribution is -0.137. The summed E-state index contributed by atoms with van der Waals surface area (Å²) in [6, 6.07) is 13.7. The monoisotopic (exact) mass is 457 g/mol. The Balaban J connectivity index is 1.49. The van der Waals surface area contributed by atoms with Crippen molar-refractivity contribution in [1.82, 2.24) is 4.90 Å². The molecule has 0 spiro atoms. The van der Waals surface area contributed by atoms with Gasteiger partial charge in [-0.05, 0) is 80.8 Å². The van der Waals surface area contributed by atoms with E-state index in [1.54, 1.807) is 13.0 Å². The van der Waals surface area contributed by atoms with E-state index in [4.69, 9.17) is 9.84 Å². The fourth-order valence-corrected chi connectivity index (χ4v) is 4.66. The van der Waals surface area contributed by atoms with Crippen molar-refractivity contribution in [2.75, 3.05) is 19.7 Å². The summed E-state index contributed by atoms with van der Waals surface area (Å²) in [6.07, 6.45) is 3.53. The maximum Gasteiger partial charge on any atom is 0.303 e. The van der Waals surface area contributed by atoms with Crippen molar-refractivity contribution in [3.63, 3.8) is 0 Å². The van der Waals surface area contributed by atoms with Gasteiger partial charge in [0.1, 0.15) is 5.82 Å². The number of hydrogen-bond acceptors (Lipinski definition) is 4. The highest BCUT2D eigenvalue weighted by molar-refractivity contribution is 5.66. The van der Waals surface area contributed by atoms with Crippen LogP contribution in [0.2, 0.25) is 0 Å². The van der Waals surface area contributed by atoms with Crippen molar-refractivity contribution >= 4 is 5.97 Å². The number of β-amino-alcohol motifs (C(OH)–C–C–N with tert-alkyl or cyclic N) is 1. The molecule has 1 aliphatic heterocycles. The van der Waals surface area contributed by atoms with Crippen molar-refractivity contribution < 1.29 is 24.1 Å². The molecule has 0 radical (unpaired) electrons. The summed E-state index contributed by atoms with van der Waals surface area (Å²) < 4.78 is 19.9. The summed E-state index contributed by atoms with van der Waals surface area (Å²) in [5.41, 5.74) is 3.78. The molecule has 0 aromatic heterocycles. The fourth-order valence-electron chi connectivity index (χ4n) is 4.66. The number of hydrogen-bond donors (Lipinski definition) is 2. The van der Waals surface area contributed by atoms with Crippen LogP contribution in [0.1, 0.15) is 61.0 Å². The average molecular weight is 458 g/mol. The van der Waals surface area contributed by atoms with Gasteiger partial charge in [-0.2, -0.15) is 0 Å². The molecule has 3 rings (SSSR count). The molecule has 0 amide bonds. The Labute approximate surface area is 196 Å². The molecule has 0 unspecified atom stereocenters. The molecule has 33 heavy (non-hydrogen) atoms. The SMILES string of the molecule is Cc1ccc(C[C@@H]2CCCN2C[C@@H](O)CO[C@H](C)c2ccccc2CCCC(=O)O)cc1F. The Morgan fingerprint density at radius 3 is 2.82 bits per heavy atom. The zero-order valence-corrected chi connectivity index (χ0v) is 19.7. The van der Waals surface area contributed by atoms with Crippen LogP contribution in [0.15, 0.2) is 42.5 Å². The Morgan fingerprint density at radius 1 is 1.27 bits per heavy atom. The smallest absolute Gasteiger partial charge is 0.303 e. The molecule has 2 aromatic carbocycles. The third-order valence-electron chi connectivity index (χ3n) is 6.52. The highest BCUT2D eigenvalue weighted by atomic mass is 19.1. The Kier molecular flexibility index (Phi) is 9.41. The van der Waals surface area contributed by atoms with Gasteiger partial charge in [0.2, 0.25) is 0 Å². The van der Waals surface area contributed by atoms with Crippen LogP contribution < -0.4 is 0 Å². The van der Waals surface area contributed by atoms with Crippen LogP contribution in [0.3, 0.4) is 0 Å². The van der Waals surface area contributed by atoms with Gasteiger partial charge in [-0.15, -0.1) is 0 Å². The highest BCUT2D eigenvalue weighted by Gasteiger charge is 2.27. The van der Waals surface area contributed by atoms with Crippen LogP contribution in [0.5, 0.6) is 0 Å². The van der Waals surface area contributed by atoms with E-state index in [1.165, 1.54) is 0 Å². The van der Waals surface area contributed by atoms with Crippen molar-refractivity contribution in [2.45, 2.75) is 70.6 Å². The number of carbonyl (C=O) groups is 1. The number of carboxylic acid groups (broad SMARTS) is 1. The first-order valence-corrected chi connectivity index (χ1v) is 11.9. The number of ether oxygens (including phenoxy) is 1. The van der Waals surface area contributed by atoms with Gasteiger partial charge in [-0.3, -0.25) is 9.69 Å². The van der Waals surface area contributed by atoms with Crippen LogP contribution in [0.25, 0.3) is 0 Å². The van der Waals surface area contributed by atoms with Crippen molar-refractivity contribution in [2.24, 2.45) is 0 Å². The lowest BCUT2D eigenvalue weighted by atomic mass is 9.98. The van der Waals surface area contributed by atoms with Gasteiger partial charge in [0.15, 0.2) is 0 Å². The molecule has 1 fully saturated rings. The van der Waals surface area contributed by atoms with E-state index >= 15 is 0 Å². The first-order valence-electron chi connectivity index (χ1n) is 11.9. The number of rotatable bonds is 12. The Morgan fingerprint density at radius 2 is 2.06 bits per heavy atom. The number of likely N-dealkylation sites (tertiary alicyclic amines) is 1. The van der Waals surface area contributed by atoms with Crippen LogP contribution in [-0.4, -0.2) is 52.9 Å². The third kappa shape index (κ3) is 7.63. The minimum absolute atomic E-state index is 0.147. The predicted octanol–water partition coefficient (Wildman–Crippen LogP) is 4.69. The van der Waals surface area contributed by atoms with Crippen LogP contribution >= 0.6 is 0 Å². The van der Waals surface area contributed by atoms with Gasteiger partial charge in [0.05, 0.1) is 18.8 Å². The molecule has 1 heterocycles. The molecule has 6 heteroatoms. The second-order valence-corrected chi connectivity index (χ2v) is 9.15. The van der Waals surface area contributed by atoms with E-state index in [0.29, 0.717) is 31.0 Å². The zero-order chi connectivity index (χ0) is 23.8. The number of benzene rings is 2. The zero-order valence-electron chi connectivity index (χ0n) is 19.7. The molecule has 5 nitrogen and oxygen atoms in total. The average Bonchev–Trinajstić information content (AvgIpc) is 3.21. The molecule has 180 valence electrons. The second kappa shape index (κ2) is 12.3. The normalized spacial score (nSPS) is 18.4. The Bertz CT molecular complexity index is 919. The highest BCUT2D eigenvalue weighted by Crippen LogP contribution is 2.25. The van der Waals surface area contributed by atoms with E-state index < -0.39 is 12.1 Å². The number of aliphatic carboxylic acids is 1. The van der Waals surface area contributed by atoms with Gasteiger partial charge < -0.3 is 14.9 Å². The number of aliphatic hydroxyl groups excluding tert-OH is 1. The summed E-state index contributed by atoms with van der Waals surface area (Å²) in [6.45, 7) is 5.43. The molecule has 1 aliphatic rings. The molecule has 3 atom stereocenters. The van der Waals surface area contributed by atoms with Crippen molar-refractivity contribution in [3.05, 3.63) is 70.5 Å². The fraction of sp³-hybridized carbons (Fsp3) is 0.519. The lowest BCUT2D eigenvalue weighted by Crippen LogP contribution is -2.39. The predicted molar refractivity (Wildman–Crippen MR) is 127 cm³/mol. The van der Waals surface area contributed by atoms with Crippen LogP contribution in [0.4, 0.5) is 4.39 Å². The maximum atomic E-state index is 13.9. The molecular weight excluding hydrogens is 421 g/mol. The van der Waals surface area contributed by atoms with Gasteiger partial charge in [0, 0.05) is 19.0 Å². The van der Waals surface area contributed by atoms with Gasteiger partial charge in [0.25, 0.3) is 0 Å². The van der Waals surface area contributed by atoms with Gasteiger partial charge >= 0.3 is 5.97 Å². The van der Waals surface area contributed by atoms with E-state index in [1.807, 2.05) is 43.3 Å². The Hall–Kier alpha value is -2.28. The standard InChI is InChI=1S/C27H36FNO4/c1-19-12-13-21(16-26(19)28)15-23-9-6-14-29(23)17-24(30)18-33-20(2)25-10-4-3-7-22(25)8-5-11-27(31)32/h3-4,7,10,12-13,16,20,23-24,30H,5-6,8-9,11,14-15,17-18H2,1-2H3,(H,31,32)/t20-,23+,24-/m1/s1. The molecule has 2 N–H and O–H groups in total. The van der Waals surface area contributed by atoms with E-state index in [0.717, 1.165) is 42.5 Å². The molecule has 0 aliphatic carbocycles. The summed E-state index contributed by atoms with van der Waals surface area (Å²) >= 11 is 0. The minimum atomic E-state index is -0.785. The maximum absolute atomic E-state index is 13.9. The van der Waals surface area contributed by atoms with Gasteiger partial charge in [-0.25, -0.2) is 4.39 Å². The van der Waals surface area contributed by atoms with Crippen LogP contribution in [0, 0.1) is 12.7 Å². The van der Waals surface area contributed by atoms with Crippen molar-refractivity contribution in [1.29, 1.82) is 0 Å². The molecule has 1 saturated heterocycles. The number of aryl methyl sites for hydroxylation is 2. The van der Waals surface area contributed by atoms with E-state index in [9.17, 15) is 14.3 Å². The molecule has 0 bridgehead atoms. The van der Waals surface area contributed by atoms with Gasteiger partial charge in [-0.1, -0.05) is 36.4 Å². The third-order valence-corrected chi connectivity index (χ3v) is 6.52. The molecule has 2 aromatic rings. The van der Waals surface area contributed by atoms with Crippen molar-refractivity contribution in [3.8, 4) is 0 Å². The number of halogens is 1.